The number of ether oxygens (including phenoxy) is 1. The van der Waals surface area contributed by atoms with E-state index in [0.717, 1.165) is 43.1 Å². The van der Waals surface area contributed by atoms with E-state index < -0.39 is 0 Å². The van der Waals surface area contributed by atoms with Gasteiger partial charge in [-0.3, -0.25) is 9.69 Å². The van der Waals surface area contributed by atoms with Crippen molar-refractivity contribution in [2.75, 3.05) is 31.6 Å². The first-order valence-corrected chi connectivity index (χ1v) is 9.68. The van der Waals surface area contributed by atoms with Crippen LogP contribution in [0.15, 0.2) is 42.5 Å². The maximum atomic E-state index is 13.0. The molecule has 2 aliphatic rings. The first-order chi connectivity index (χ1) is 13.2. The molecule has 142 valence electrons. The quantitative estimate of drug-likeness (QED) is 0.846. The maximum absolute atomic E-state index is 13.0. The molecule has 4 rings (SSSR count). The topological polar surface area (TPSA) is 41.6 Å². The fourth-order valence-corrected chi connectivity index (χ4v) is 3.96. The molecule has 0 aliphatic carbocycles. The lowest BCUT2D eigenvalue weighted by Crippen LogP contribution is -2.37. The zero-order chi connectivity index (χ0) is 18.6. The van der Waals surface area contributed by atoms with E-state index in [0.29, 0.717) is 18.9 Å². The molecule has 1 fully saturated rings. The Morgan fingerprint density at radius 2 is 1.89 bits per heavy atom. The van der Waals surface area contributed by atoms with Crippen molar-refractivity contribution >= 4 is 11.6 Å². The highest BCUT2D eigenvalue weighted by atomic mass is 19.1. The molecule has 0 saturated carbocycles. The lowest BCUT2D eigenvalue weighted by atomic mass is 9.90. The number of carbonyl (C=O) groups is 1. The van der Waals surface area contributed by atoms with Crippen molar-refractivity contribution in [2.45, 2.75) is 25.7 Å². The summed E-state index contributed by atoms with van der Waals surface area (Å²) in [5.74, 6) is 1.39. The van der Waals surface area contributed by atoms with Gasteiger partial charge < -0.3 is 10.1 Å². The molecule has 27 heavy (non-hydrogen) atoms. The van der Waals surface area contributed by atoms with Crippen LogP contribution >= 0.6 is 0 Å². The number of halogens is 1. The number of anilines is 1. The number of rotatable bonds is 6. The van der Waals surface area contributed by atoms with Crippen molar-refractivity contribution in [1.29, 1.82) is 0 Å². The molecule has 0 aromatic heterocycles. The van der Waals surface area contributed by atoms with Gasteiger partial charge in [0.2, 0.25) is 5.91 Å². The van der Waals surface area contributed by atoms with Crippen LogP contribution in [-0.2, 0) is 17.6 Å². The minimum Gasteiger partial charge on any atom is -0.492 e. The summed E-state index contributed by atoms with van der Waals surface area (Å²) in [4.78, 5) is 13.9. The number of benzene rings is 2. The Morgan fingerprint density at radius 3 is 2.67 bits per heavy atom. The molecule has 2 aliphatic heterocycles. The minimum absolute atomic E-state index is 0.0469. The molecule has 0 unspecified atom stereocenters. The molecular formula is C22H25FN2O2. The highest BCUT2D eigenvalue weighted by Crippen LogP contribution is 2.27. The molecule has 1 amide bonds. The number of hydrogen-bond donors (Lipinski definition) is 1. The van der Waals surface area contributed by atoms with Crippen LogP contribution in [-0.4, -0.2) is 37.0 Å². The summed E-state index contributed by atoms with van der Waals surface area (Å²) < 4.78 is 18.9. The van der Waals surface area contributed by atoms with Crippen molar-refractivity contribution in [1.82, 2.24) is 4.90 Å². The second-order valence-electron chi connectivity index (χ2n) is 7.51. The van der Waals surface area contributed by atoms with Gasteiger partial charge in [0.1, 0.15) is 18.2 Å². The molecular weight excluding hydrogens is 343 g/mol. The van der Waals surface area contributed by atoms with E-state index in [-0.39, 0.29) is 11.7 Å². The molecule has 0 spiro atoms. The molecule has 1 N–H and O–H groups in total. The highest BCUT2D eigenvalue weighted by Gasteiger charge is 2.20. The standard InChI is InChI=1S/C22H25FN2O2/c23-19-3-1-16(2-4-19)13-17-7-9-25(10-8-17)11-12-27-20-5-6-21-18(14-20)15-22(26)24-21/h1-6,14,17H,7-13,15H2,(H,24,26). The highest BCUT2D eigenvalue weighted by molar-refractivity contribution is 5.99. The van der Waals surface area contributed by atoms with Crippen molar-refractivity contribution in [3.8, 4) is 5.75 Å². The number of fused-ring (bicyclic) bond motifs is 1. The third-order valence-electron chi connectivity index (χ3n) is 5.52. The Morgan fingerprint density at radius 1 is 1.11 bits per heavy atom. The predicted molar refractivity (Wildman–Crippen MR) is 104 cm³/mol. The zero-order valence-electron chi connectivity index (χ0n) is 15.4. The summed E-state index contributed by atoms with van der Waals surface area (Å²) in [6.45, 7) is 3.73. The number of piperidine rings is 1. The van der Waals surface area contributed by atoms with E-state index in [1.807, 2.05) is 30.3 Å². The summed E-state index contributed by atoms with van der Waals surface area (Å²) in [5, 5.41) is 2.84. The van der Waals surface area contributed by atoms with Gasteiger partial charge in [-0.25, -0.2) is 4.39 Å². The number of likely N-dealkylation sites (tertiary alicyclic amines) is 1. The van der Waals surface area contributed by atoms with E-state index in [4.69, 9.17) is 4.74 Å². The van der Waals surface area contributed by atoms with Crippen LogP contribution in [0.3, 0.4) is 0 Å². The average Bonchev–Trinajstić information content (AvgIpc) is 3.04. The fraction of sp³-hybridized carbons (Fsp3) is 0.409. The van der Waals surface area contributed by atoms with Crippen molar-refractivity contribution in [2.24, 2.45) is 5.92 Å². The van der Waals surface area contributed by atoms with E-state index in [2.05, 4.69) is 10.2 Å². The van der Waals surface area contributed by atoms with Gasteiger partial charge >= 0.3 is 0 Å². The number of hydrogen-bond acceptors (Lipinski definition) is 3. The molecule has 2 heterocycles. The van der Waals surface area contributed by atoms with Crippen molar-refractivity contribution in [3.05, 3.63) is 59.4 Å². The van der Waals surface area contributed by atoms with Gasteiger partial charge in [0, 0.05) is 12.2 Å². The molecule has 5 heteroatoms. The number of amides is 1. The Bertz CT molecular complexity index is 798. The van der Waals surface area contributed by atoms with Gasteiger partial charge in [-0.15, -0.1) is 0 Å². The molecule has 2 aromatic carbocycles. The van der Waals surface area contributed by atoms with E-state index >= 15 is 0 Å². The first-order valence-electron chi connectivity index (χ1n) is 9.68. The Hall–Kier alpha value is -2.40. The van der Waals surface area contributed by atoms with Crippen LogP contribution in [0.2, 0.25) is 0 Å². The molecule has 0 atom stereocenters. The van der Waals surface area contributed by atoms with Gasteiger partial charge in [-0.1, -0.05) is 12.1 Å². The smallest absolute Gasteiger partial charge is 0.228 e. The second-order valence-corrected chi connectivity index (χ2v) is 7.51. The maximum Gasteiger partial charge on any atom is 0.228 e. The summed E-state index contributed by atoms with van der Waals surface area (Å²) >= 11 is 0. The molecule has 0 bridgehead atoms. The fourth-order valence-electron chi connectivity index (χ4n) is 3.96. The van der Waals surface area contributed by atoms with Crippen LogP contribution in [0, 0.1) is 11.7 Å². The normalized spacial score (nSPS) is 17.6. The first kappa shape index (κ1) is 18.0. The summed E-state index contributed by atoms with van der Waals surface area (Å²) in [5.41, 5.74) is 3.14. The van der Waals surface area contributed by atoms with Crippen LogP contribution in [0.4, 0.5) is 10.1 Å². The Balaban J connectivity index is 1.18. The molecule has 0 radical (unpaired) electrons. The monoisotopic (exact) mass is 368 g/mol. The SMILES string of the molecule is O=C1Cc2cc(OCCN3CCC(Cc4ccc(F)cc4)CC3)ccc2N1. The largest absolute Gasteiger partial charge is 0.492 e. The van der Waals surface area contributed by atoms with Gasteiger partial charge in [0.05, 0.1) is 6.42 Å². The third-order valence-corrected chi connectivity index (χ3v) is 5.52. The molecule has 4 nitrogen and oxygen atoms in total. The Labute approximate surface area is 159 Å². The number of nitrogens with one attached hydrogen (secondary N) is 1. The van der Waals surface area contributed by atoms with E-state index in [1.165, 1.54) is 18.4 Å². The second kappa shape index (κ2) is 8.09. The lowest BCUT2D eigenvalue weighted by Gasteiger charge is -2.31. The summed E-state index contributed by atoms with van der Waals surface area (Å²) in [6.07, 6.45) is 3.81. The van der Waals surface area contributed by atoms with Gasteiger partial charge in [-0.2, -0.15) is 0 Å². The van der Waals surface area contributed by atoms with Gasteiger partial charge in [0.25, 0.3) is 0 Å². The predicted octanol–water partition coefficient (Wildman–Crippen LogP) is 3.65. The minimum atomic E-state index is -0.167. The van der Waals surface area contributed by atoms with E-state index in [1.54, 1.807) is 12.1 Å². The van der Waals surface area contributed by atoms with Gasteiger partial charge in [-0.05, 0) is 79.7 Å². The van der Waals surface area contributed by atoms with Crippen LogP contribution in [0.25, 0.3) is 0 Å². The number of nitrogens with zero attached hydrogens (tertiary/aromatic N) is 1. The molecule has 2 aromatic rings. The lowest BCUT2D eigenvalue weighted by molar-refractivity contribution is -0.115. The summed E-state index contributed by atoms with van der Waals surface area (Å²) in [7, 11) is 0. The third kappa shape index (κ3) is 4.66. The van der Waals surface area contributed by atoms with E-state index in [9.17, 15) is 9.18 Å². The molecule has 1 saturated heterocycles. The zero-order valence-corrected chi connectivity index (χ0v) is 15.4. The van der Waals surface area contributed by atoms with Crippen molar-refractivity contribution < 1.29 is 13.9 Å². The average molecular weight is 368 g/mol. The van der Waals surface area contributed by atoms with Crippen molar-refractivity contribution in [3.63, 3.8) is 0 Å². The summed E-state index contributed by atoms with van der Waals surface area (Å²) in [6, 6.07) is 12.7. The van der Waals surface area contributed by atoms with Gasteiger partial charge in [0.15, 0.2) is 0 Å². The van der Waals surface area contributed by atoms with Crippen LogP contribution < -0.4 is 10.1 Å². The van der Waals surface area contributed by atoms with Crippen LogP contribution in [0.1, 0.15) is 24.0 Å². The Kier molecular flexibility index (Phi) is 5.39. The number of carbonyl (C=O) groups excluding carboxylic acids is 1. The van der Waals surface area contributed by atoms with Crippen LogP contribution in [0.5, 0.6) is 5.75 Å².